The summed E-state index contributed by atoms with van der Waals surface area (Å²) in [6.07, 6.45) is 0. The highest BCUT2D eigenvalue weighted by molar-refractivity contribution is 9.10. The van der Waals surface area contributed by atoms with E-state index in [1.54, 1.807) is 29.2 Å². The maximum atomic E-state index is 13.8. The van der Waals surface area contributed by atoms with E-state index in [1.807, 2.05) is 11.0 Å². The van der Waals surface area contributed by atoms with Gasteiger partial charge >= 0.3 is 0 Å². The molecule has 0 saturated carbocycles. The van der Waals surface area contributed by atoms with Crippen LogP contribution in [0.25, 0.3) is 0 Å². The van der Waals surface area contributed by atoms with Crippen LogP contribution in [0.4, 0.5) is 10.1 Å². The van der Waals surface area contributed by atoms with E-state index in [2.05, 4.69) is 15.9 Å². The molecular formula is C18H15BrFN3O2. The second kappa shape index (κ2) is 7.11. The SMILES string of the molecule is N#Cc1c(F)cccc1N1CCN(C(=O)c2ccc(Br)cc2O)CC1. The van der Waals surface area contributed by atoms with Gasteiger partial charge in [-0.2, -0.15) is 5.26 Å². The van der Waals surface area contributed by atoms with Gasteiger partial charge in [0.25, 0.3) is 5.91 Å². The fourth-order valence-corrected chi connectivity index (χ4v) is 3.24. The predicted octanol–water partition coefficient (Wildman–Crippen LogP) is 3.13. The van der Waals surface area contributed by atoms with Gasteiger partial charge in [0.05, 0.1) is 11.3 Å². The fraction of sp³-hybridized carbons (Fsp3) is 0.222. The summed E-state index contributed by atoms with van der Waals surface area (Å²) in [5.41, 5.74) is 0.814. The number of benzene rings is 2. The molecule has 0 aliphatic carbocycles. The van der Waals surface area contributed by atoms with Crippen molar-refractivity contribution in [3.8, 4) is 11.8 Å². The molecule has 0 bridgehead atoms. The van der Waals surface area contributed by atoms with Crippen LogP contribution in [0.5, 0.6) is 5.75 Å². The Morgan fingerprint density at radius 2 is 1.92 bits per heavy atom. The van der Waals surface area contributed by atoms with E-state index < -0.39 is 5.82 Å². The molecule has 1 aliphatic heterocycles. The molecule has 0 atom stereocenters. The normalized spacial score (nSPS) is 14.3. The van der Waals surface area contributed by atoms with Crippen molar-refractivity contribution < 1.29 is 14.3 Å². The van der Waals surface area contributed by atoms with E-state index >= 15 is 0 Å². The first-order valence-corrected chi connectivity index (χ1v) is 8.52. The van der Waals surface area contributed by atoms with Crippen LogP contribution in [0.15, 0.2) is 40.9 Å². The number of nitrogens with zero attached hydrogens (tertiary/aromatic N) is 3. The van der Waals surface area contributed by atoms with Crippen molar-refractivity contribution >= 4 is 27.5 Å². The van der Waals surface area contributed by atoms with E-state index in [1.165, 1.54) is 12.1 Å². The Bertz CT molecular complexity index is 858. The van der Waals surface area contributed by atoms with Gasteiger partial charge in [-0.1, -0.05) is 22.0 Å². The lowest BCUT2D eigenvalue weighted by Gasteiger charge is -2.36. The molecular weight excluding hydrogens is 389 g/mol. The second-order valence-electron chi connectivity index (χ2n) is 5.69. The number of phenols is 1. The Morgan fingerprint density at radius 3 is 2.56 bits per heavy atom. The highest BCUT2D eigenvalue weighted by atomic mass is 79.9. The fourth-order valence-electron chi connectivity index (χ4n) is 2.89. The molecule has 1 saturated heterocycles. The van der Waals surface area contributed by atoms with Crippen molar-refractivity contribution in [1.29, 1.82) is 5.26 Å². The Balaban J connectivity index is 1.73. The zero-order chi connectivity index (χ0) is 18.0. The summed E-state index contributed by atoms with van der Waals surface area (Å²) in [6, 6.07) is 11.2. The number of amides is 1. The van der Waals surface area contributed by atoms with Gasteiger partial charge in [-0.05, 0) is 30.3 Å². The number of anilines is 1. The number of hydrogen-bond acceptors (Lipinski definition) is 4. The van der Waals surface area contributed by atoms with Crippen LogP contribution in [0, 0.1) is 17.1 Å². The van der Waals surface area contributed by atoms with Crippen LogP contribution in [-0.2, 0) is 0 Å². The van der Waals surface area contributed by atoms with Gasteiger partial charge in [-0.15, -0.1) is 0 Å². The van der Waals surface area contributed by atoms with Crippen LogP contribution < -0.4 is 4.90 Å². The number of aromatic hydroxyl groups is 1. The first-order chi connectivity index (χ1) is 12.0. The molecule has 128 valence electrons. The van der Waals surface area contributed by atoms with Gasteiger partial charge in [-0.3, -0.25) is 4.79 Å². The smallest absolute Gasteiger partial charge is 0.257 e. The van der Waals surface area contributed by atoms with Crippen LogP contribution >= 0.6 is 15.9 Å². The molecule has 2 aromatic rings. The minimum Gasteiger partial charge on any atom is -0.507 e. The van der Waals surface area contributed by atoms with E-state index in [4.69, 9.17) is 5.26 Å². The monoisotopic (exact) mass is 403 g/mol. The van der Waals surface area contributed by atoms with E-state index in [0.29, 0.717) is 36.3 Å². The number of phenolic OH excluding ortho intramolecular Hbond substituents is 1. The van der Waals surface area contributed by atoms with Crippen LogP contribution in [0.1, 0.15) is 15.9 Å². The molecule has 0 aromatic heterocycles. The third-order valence-corrected chi connectivity index (χ3v) is 4.69. The Kier molecular flexibility index (Phi) is 4.91. The standard InChI is InChI=1S/C18H15BrFN3O2/c19-12-4-5-13(17(24)10-12)18(25)23-8-6-22(7-9-23)16-3-1-2-15(20)14(16)11-21/h1-5,10,24H,6-9H2. The summed E-state index contributed by atoms with van der Waals surface area (Å²) < 4.78 is 14.5. The third-order valence-electron chi connectivity index (χ3n) is 4.20. The lowest BCUT2D eigenvalue weighted by atomic mass is 10.1. The molecule has 1 N–H and O–H groups in total. The van der Waals surface area contributed by atoms with Crippen molar-refractivity contribution in [1.82, 2.24) is 4.90 Å². The summed E-state index contributed by atoms with van der Waals surface area (Å²) in [5, 5.41) is 19.1. The molecule has 1 amide bonds. The minimum atomic E-state index is -0.543. The van der Waals surface area contributed by atoms with Gasteiger partial charge in [0, 0.05) is 30.7 Å². The minimum absolute atomic E-state index is 0.0211. The highest BCUT2D eigenvalue weighted by Crippen LogP contribution is 2.26. The molecule has 2 aromatic carbocycles. The summed E-state index contributed by atoms with van der Waals surface area (Å²) in [6.45, 7) is 1.83. The van der Waals surface area contributed by atoms with Crippen LogP contribution in [0.3, 0.4) is 0 Å². The maximum Gasteiger partial charge on any atom is 0.257 e. The Morgan fingerprint density at radius 1 is 1.20 bits per heavy atom. The van der Waals surface area contributed by atoms with Crippen molar-refractivity contribution in [3.63, 3.8) is 0 Å². The molecule has 1 heterocycles. The summed E-state index contributed by atoms with van der Waals surface area (Å²) in [7, 11) is 0. The van der Waals surface area contributed by atoms with Crippen molar-refractivity contribution in [2.75, 3.05) is 31.1 Å². The number of rotatable bonds is 2. The molecule has 0 radical (unpaired) electrons. The third kappa shape index (κ3) is 3.44. The molecule has 1 aliphatic rings. The topological polar surface area (TPSA) is 67.6 Å². The van der Waals surface area contributed by atoms with E-state index in [-0.39, 0.29) is 22.8 Å². The highest BCUT2D eigenvalue weighted by Gasteiger charge is 2.25. The zero-order valence-corrected chi connectivity index (χ0v) is 14.8. The molecule has 0 unspecified atom stereocenters. The number of carbonyl (C=O) groups excluding carboxylic acids is 1. The summed E-state index contributed by atoms with van der Waals surface area (Å²) in [5.74, 6) is -0.860. The molecule has 3 rings (SSSR count). The van der Waals surface area contributed by atoms with Gasteiger partial charge < -0.3 is 14.9 Å². The van der Waals surface area contributed by atoms with E-state index in [9.17, 15) is 14.3 Å². The van der Waals surface area contributed by atoms with Crippen molar-refractivity contribution in [2.24, 2.45) is 0 Å². The average Bonchev–Trinajstić information content (AvgIpc) is 2.61. The van der Waals surface area contributed by atoms with Gasteiger partial charge in [0.2, 0.25) is 0 Å². The number of piperazine rings is 1. The average molecular weight is 404 g/mol. The van der Waals surface area contributed by atoms with E-state index in [0.717, 1.165) is 0 Å². The van der Waals surface area contributed by atoms with Crippen molar-refractivity contribution in [3.05, 3.63) is 57.8 Å². The number of halogens is 2. The van der Waals surface area contributed by atoms with Crippen LogP contribution in [-0.4, -0.2) is 42.1 Å². The lowest BCUT2D eigenvalue weighted by molar-refractivity contribution is 0.0743. The van der Waals surface area contributed by atoms with Gasteiger partial charge in [-0.25, -0.2) is 4.39 Å². The zero-order valence-electron chi connectivity index (χ0n) is 13.2. The predicted molar refractivity (Wildman–Crippen MR) is 95.0 cm³/mol. The number of hydrogen-bond donors (Lipinski definition) is 1. The molecule has 7 heteroatoms. The molecule has 25 heavy (non-hydrogen) atoms. The largest absolute Gasteiger partial charge is 0.507 e. The van der Waals surface area contributed by atoms with Crippen LogP contribution in [0.2, 0.25) is 0 Å². The van der Waals surface area contributed by atoms with Gasteiger partial charge in [0.15, 0.2) is 0 Å². The lowest BCUT2D eigenvalue weighted by Crippen LogP contribution is -2.49. The van der Waals surface area contributed by atoms with Gasteiger partial charge in [0.1, 0.15) is 23.2 Å². The number of carbonyl (C=O) groups is 1. The maximum absolute atomic E-state index is 13.8. The number of nitriles is 1. The summed E-state index contributed by atoms with van der Waals surface area (Å²) >= 11 is 3.25. The quantitative estimate of drug-likeness (QED) is 0.836. The Hall–Kier alpha value is -2.59. The first-order valence-electron chi connectivity index (χ1n) is 7.72. The first kappa shape index (κ1) is 17.2. The molecule has 5 nitrogen and oxygen atoms in total. The Labute approximate surface area is 153 Å². The molecule has 0 spiro atoms. The second-order valence-corrected chi connectivity index (χ2v) is 6.60. The molecule has 1 fully saturated rings. The van der Waals surface area contributed by atoms with Crippen molar-refractivity contribution in [2.45, 2.75) is 0 Å². The summed E-state index contributed by atoms with van der Waals surface area (Å²) in [4.78, 5) is 16.1.